The minimum atomic E-state index is 0. The average molecular weight is 447 g/mol. The van der Waals surface area contributed by atoms with Gasteiger partial charge in [-0.3, -0.25) is 4.99 Å². The summed E-state index contributed by atoms with van der Waals surface area (Å²) in [6, 6.07) is 0. The minimum absolute atomic E-state index is 0. The summed E-state index contributed by atoms with van der Waals surface area (Å²) in [5, 5.41) is 6.66. The Balaban J connectivity index is 0. The topological polar surface area (TPSA) is 54.9 Å². The van der Waals surface area contributed by atoms with Gasteiger partial charge in [0.05, 0.1) is 13.2 Å². The summed E-state index contributed by atoms with van der Waals surface area (Å²) >= 11 is 1.90. The monoisotopic (exact) mass is 447 g/mol. The fourth-order valence-corrected chi connectivity index (χ4v) is 2.16. The predicted molar refractivity (Wildman–Crippen MR) is 109 cm³/mol. The average Bonchev–Trinajstić information content (AvgIpc) is 2.49. The first kappa shape index (κ1) is 24.5. The lowest BCUT2D eigenvalue weighted by atomic mass is 10.3. The summed E-state index contributed by atoms with van der Waals surface area (Å²) in [5.74, 6) is 2.17. The van der Waals surface area contributed by atoms with E-state index in [1.165, 1.54) is 18.6 Å². The van der Waals surface area contributed by atoms with Gasteiger partial charge in [0.25, 0.3) is 0 Å². The molecule has 0 bridgehead atoms. The number of unbranched alkanes of at least 4 members (excludes halogenated alkanes) is 2. The maximum absolute atomic E-state index is 5.42. The molecule has 7 heteroatoms. The van der Waals surface area contributed by atoms with E-state index in [1.807, 2.05) is 11.8 Å². The first-order chi connectivity index (χ1) is 10.3. The summed E-state index contributed by atoms with van der Waals surface area (Å²) in [6.07, 6.45) is 6.69. The third-order valence-electron chi connectivity index (χ3n) is 2.81. The van der Waals surface area contributed by atoms with Gasteiger partial charge in [-0.25, -0.2) is 0 Å². The number of hydrogen-bond acceptors (Lipinski definition) is 4. The lowest BCUT2D eigenvalue weighted by molar-refractivity contribution is 0.0690. The van der Waals surface area contributed by atoms with E-state index in [9.17, 15) is 0 Å². The van der Waals surface area contributed by atoms with Crippen molar-refractivity contribution < 1.29 is 9.47 Å². The molecule has 0 rings (SSSR count). The fourth-order valence-electron chi connectivity index (χ4n) is 1.67. The Bertz CT molecular complexity index is 247. The molecule has 0 spiro atoms. The first-order valence-corrected chi connectivity index (χ1v) is 9.32. The molecule has 134 valence electrons. The highest BCUT2D eigenvalue weighted by Crippen LogP contribution is 1.97. The molecule has 0 amide bonds. The third kappa shape index (κ3) is 18.3. The van der Waals surface area contributed by atoms with Crippen LogP contribution in [0.1, 0.15) is 32.6 Å². The molecule has 2 N–H and O–H groups in total. The lowest BCUT2D eigenvalue weighted by Gasteiger charge is -2.11. The number of nitrogens with one attached hydrogen (secondary N) is 2. The predicted octanol–water partition coefficient (Wildman–Crippen LogP) is 2.75. The molecule has 5 nitrogen and oxygen atoms in total. The summed E-state index contributed by atoms with van der Waals surface area (Å²) in [4.78, 5) is 4.57. The maximum Gasteiger partial charge on any atom is 0.191 e. The van der Waals surface area contributed by atoms with Crippen molar-refractivity contribution in [2.45, 2.75) is 32.6 Å². The molecule has 0 aliphatic rings. The van der Waals surface area contributed by atoms with Crippen LogP contribution in [0.3, 0.4) is 0 Å². The molecule has 0 aromatic carbocycles. The normalized spacial score (nSPS) is 11.1. The number of guanidine groups is 1. The number of nitrogens with zero attached hydrogens (tertiary/aromatic N) is 1. The molecule has 0 unspecified atom stereocenters. The van der Waals surface area contributed by atoms with Crippen LogP contribution in [0.5, 0.6) is 0 Å². The molecule has 0 saturated heterocycles. The van der Waals surface area contributed by atoms with Crippen LogP contribution in [-0.2, 0) is 9.47 Å². The molecule has 0 saturated carbocycles. The van der Waals surface area contributed by atoms with E-state index < -0.39 is 0 Å². The van der Waals surface area contributed by atoms with Gasteiger partial charge in [0.15, 0.2) is 5.96 Å². The second-order valence-electron chi connectivity index (χ2n) is 4.70. The Morgan fingerprint density at radius 1 is 1.05 bits per heavy atom. The van der Waals surface area contributed by atoms with Crippen LogP contribution in [0.2, 0.25) is 0 Å². The van der Waals surface area contributed by atoms with E-state index in [0.29, 0.717) is 13.2 Å². The number of halogens is 1. The summed E-state index contributed by atoms with van der Waals surface area (Å²) in [6.45, 7) is 6.96. The quantitative estimate of drug-likeness (QED) is 0.186. The van der Waals surface area contributed by atoms with Gasteiger partial charge in [-0.2, -0.15) is 11.8 Å². The molecule has 0 atom stereocenters. The largest absolute Gasteiger partial charge is 0.382 e. The van der Waals surface area contributed by atoms with Crippen molar-refractivity contribution in [1.29, 1.82) is 0 Å². The van der Waals surface area contributed by atoms with Crippen molar-refractivity contribution >= 4 is 41.7 Å². The Morgan fingerprint density at radius 2 is 1.86 bits per heavy atom. The van der Waals surface area contributed by atoms with Gasteiger partial charge in [0.2, 0.25) is 0 Å². The van der Waals surface area contributed by atoms with Crippen LogP contribution in [0.15, 0.2) is 4.99 Å². The van der Waals surface area contributed by atoms with E-state index in [-0.39, 0.29) is 24.0 Å². The number of aliphatic imine (C=N–C) groups is 1. The van der Waals surface area contributed by atoms with E-state index in [0.717, 1.165) is 45.0 Å². The summed E-state index contributed by atoms with van der Waals surface area (Å²) < 4.78 is 10.3. The molecular weight excluding hydrogens is 413 g/mol. The Morgan fingerprint density at radius 3 is 2.55 bits per heavy atom. The van der Waals surface area contributed by atoms with E-state index >= 15 is 0 Å². The Kier molecular flexibility index (Phi) is 23.7. The van der Waals surface area contributed by atoms with E-state index in [1.54, 1.807) is 7.11 Å². The van der Waals surface area contributed by atoms with E-state index in [4.69, 9.17) is 9.47 Å². The van der Waals surface area contributed by atoms with Crippen molar-refractivity contribution in [3.05, 3.63) is 0 Å². The molecule has 0 aromatic rings. The van der Waals surface area contributed by atoms with Gasteiger partial charge in [0, 0.05) is 33.4 Å². The third-order valence-corrected chi connectivity index (χ3v) is 3.51. The number of ether oxygens (including phenoxy) is 2. The molecular formula is C15H34IN3O2S. The Labute approximate surface area is 157 Å². The highest BCUT2D eigenvalue weighted by Gasteiger charge is 1.96. The minimum Gasteiger partial charge on any atom is -0.382 e. The van der Waals surface area contributed by atoms with Crippen molar-refractivity contribution in [3.63, 3.8) is 0 Å². The lowest BCUT2D eigenvalue weighted by Crippen LogP contribution is -2.37. The van der Waals surface area contributed by atoms with Gasteiger partial charge in [-0.1, -0.05) is 0 Å². The second kappa shape index (κ2) is 21.3. The van der Waals surface area contributed by atoms with Gasteiger partial charge < -0.3 is 20.1 Å². The molecule has 22 heavy (non-hydrogen) atoms. The first-order valence-electron chi connectivity index (χ1n) is 7.93. The number of rotatable bonds is 14. The highest BCUT2D eigenvalue weighted by atomic mass is 127. The highest BCUT2D eigenvalue weighted by molar-refractivity contribution is 14.0. The molecule has 0 radical (unpaired) electrons. The zero-order valence-electron chi connectivity index (χ0n) is 14.4. The number of methoxy groups -OCH3 is 1. The van der Waals surface area contributed by atoms with Crippen LogP contribution >= 0.6 is 35.7 Å². The van der Waals surface area contributed by atoms with Crippen molar-refractivity contribution in [2.75, 3.05) is 58.6 Å². The van der Waals surface area contributed by atoms with Gasteiger partial charge in [-0.05, 0) is 44.6 Å². The van der Waals surface area contributed by atoms with Crippen LogP contribution in [0.25, 0.3) is 0 Å². The van der Waals surface area contributed by atoms with E-state index in [2.05, 4.69) is 28.8 Å². The SMILES string of the molecule is CCNC(=NCCCCOCCOC)NCCCCSC.I. The van der Waals surface area contributed by atoms with Crippen LogP contribution in [0, 0.1) is 0 Å². The summed E-state index contributed by atoms with van der Waals surface area (Å²) in [7, 11) is 1.69. The van der Waals surface area contributed by atoms with Crippen LogP contribution < -0.4 is 10.6 Å². The zero-order valence-corrected chi connectivity index (χ0v) is 17.5. The summed E-state index contributed by atoms with van der Waals surface area (Å²) in [5.41, 5.74) is 0. The molecule has 0 aliphatic carbocycles. The zero-order chi connectivity index (χ0) is 15.6. The molecule has 0 aliphatic heterocycles. The Hall–Kier alpha value is 0.270. The van der Waals surface area contributed by atoms with Crippen molar-refractivity contribution in [2.24, 2.45) is 4.99 Å². The van der Waals surface area contributed by atoms with Crippen molar-refractivity contribution in [1.82, 2.24) is 10.6 Å². The van der Waals surface area contributed by atoms with Crippen LogP contribution in [-0.4, -0.2) is 64.5 Å². The number of thioether (sulfide) groups is 1. The van der Waals surface area contributed by atoms with Gasteiger partial charge in [-0.15, -0.1) is 24.0 Å². The fraction of sp³-hybridized carbons (Fsp3) is 0.933. The molecule has 0 aromatic heterocycles. The number of hydrogen-bond donors (Lipinski definition) is 2. The molecule has 0 fully saturated rings. The molecule has 0 heterocycles. The van der Waals surface area contributed by atoms with Gasteiger partial charge in [0.1, 0.15) is 0 Å². The standard InChI is InChI=1S/C15H33N3O2S.HI/c1-4-16-15(18-10-6-8-14-21-3)17-9-5-7-11-20-13-12-19-2;/h4-14H2,1-3H3,(H2,16,17,18);1H. The van der Waals surface area contributed by atoms with Gasteiger partial charge >= 0.3 is 0 Å². The smallest absolute Gasteiger partial charge is 0.191 e. The van der Waals surface area contributed by atoms with Crippen LogP contribution in [0.4, 0.5) is 0 Å². The van der Waals surface area contributed by atoms with Crippen molar-refractivity contribution in [3.8, 4) is 0 Å². The maximum atomic E-state index is 5.42. The second-order valence-corrected chi connectivity index (χ2v) is 5.69.